The van der Waals surface area contributed by atoms with E-state index in [4.69, 9.17) is 0 Å². The average Bonchev–Trinajstić information content (AvgIpc) is 2.59. The van der Waals surface area contributed by atoms with E-state index in [1.807, 2.05) is 0 Å². The second kappa shape index (κ2) is 7.10. The Morgan fingerprint density at radius 3 is 2.91 bits per heavy atom. The molecule has 22 heavy (non-hydrogen) atoms. The Morgan fingerprint density at radius 1 is 1.32 bits per heavy atom. The Balaban J connectivity index is 1.49. The van der Waals surface area contributed by atoms with Gasteiger partial charge in [0.2, 0.25) is 5.91 Å². The van der Waals surface area contributed by atoms with Crippen molar-refractivity contribution in [3.63, 3.8) is 0 Å². The van der Waals surface area contributed by atoms with Crippen LogP contribution in [0.2, 0.25) is 0 Å². The first kappa shape index (κ1) is 15.3. The summed E-state index contributed by atoms with van der Waals surface area (Å²) in [5.41, 5.74) is 2.91. The highest BCUT2D eigenvalue weighted by Crippen LogP contribution is 2.21. The summed E-state index contributed by atoms with van der Waals surface area (Å²) >= 11 is 0. The number of fused-ring (bicyclic) bond motifs is 1. The fourth-order valence-electron chi connectivity index (χ4n) is 3.45. The van der Waals surface area contributed by atoms with Crippen LogP contribution in [0.25, 0.3) is 0 Å². The number of nitrogens with one attached hydrogen (secondary N) is 1. The zero-order valence-electron chi connectivity index (χ0n) is 13.4. The lowest BCUT2D eigenvalue weighted by Crippen LogP contribution is -2.45. The Kier molecular flexibility index (Phi) is 4.94. The predicted octanol–water partition coefficient (Wildman–Crippen LogP) is 2.91. The molecule has 1 aliphatic heterocycles. The molecule has 1 amide bonds. The molecule has 1 N–H and O–H groups in total. The monoisotopic (exact) mass is 298 g/mol. The van der Waals surface area contributed by atoms with E-state index < -0.39 is 0 Å². The van der Waals surface area contributed by atoms with Crippen LogP contribution in [0, 0.1) is 5.92 Å². The van der Waals surface area contributed by atoms with Crippen LogP contribution in [0.5, 0.6) is 0 Å². The molecule has 3 heteroatoms. The molecule has 1 heterocycles. The van der Waals surface area contributed by atoms with Gasteiger partial charge in [-0.3, -0.25) is 9.69 Å². The average molecular weight is 298 g/mol. The second-order valence-electron chi connectivity index (χ2n) is 6.56. The van der Waals surface area contributed by atoms with Gasteiger partial charge in [0.05, 0.1) is 0 Å². The van der Waals surface area contributed by atoms with Gasteiger partial charge in [-0.05, 0) is 43.7 Å². The van der Waals surface area contributed by atoms with E-state index >= 15 is 0 Å². The lowest BCUT2D eigenvalue weighted by atomic mass is 9.93. The maximum absolute atomic E-state index is 12.2. The van der Waals surface area contributed by atoms with Crippen LogP contribution in [0.4, 0.5) is 0 Å². The number of rotatable bonds is 4. The number of benzene rings is 1. The summed E-state index contributed by atoms with van der Waals surface area (Å²) in [6.45, 7) is 5.05. The molecule has 0 bridgehead atoms. The van der Waals surface area contributed by atoms with E-state index in [9.17, 15) is 4.79 Å². The van der Waals surface area contributed by atoms with Crippen molar-refractivity contribution in [1.82, 2.24) is 10.2 Å². The molecule has 3 rings (SSSR count). The molecular weight excluding hydrogens is 272 g/mol. The number of nitrogens with zero attached hydrogens (tertiary/aromatic N) is 1. The van der Waals surface area contributed by atoms with Crippen molar-refractivity contribution in [2.75, 3.05) is 13.1 Å². The zero-order valence-corrected chi connectivity index (χ0v) is 13.4. The van der Waals surface area contributed by atoms with Gasteiger partial charge in [0.25, 0.3) is 0 Å². The maximum atomic E-state index is 12.2. The summed E-state index contributed by atoms with van der Waals surface area (Å²) in [7, 11) is 0. The molecule has 0 saturated carbocycles. The smallest absolute Gasteiger partial charge is 0.223 e. The standard InChI is InChI=1S/C19H26N2O/c1-15(13-20-19(22)17-8-3-2-4-9-17)21-12-11-16-7-5-6-10-18(16)14-21/h2-3,5-7,10,15,17H,4,8-9,11-14H2,1H3,(H,20,22)/t15-,17+/m1/s1. The summed E-state index contributed by atoms with van der Waals surface area (Å²) in [5.74, 6) is 0.410. The molecule has 0 saturated heterocycles. The molecule has 2 aliphatic rings. The van der Waals surface area contributed by atoms with E-state index in [-0.39, 0.29) is 11.8 Å². The third-order valence-corrected chi connectivity index (χ3v) is 5.00. The zero-order chi connectivity index (χ0) is 15.4. The number of carbonyl (C=O) groups excluding carboxylic acids is 1. The molecule has 1 aromatic carbocycles. The summed E-state index contributed by atoms with van der Waals surface area (Å²) in [6, 6.07) is 9.08. The maximum Gasteiger partial charge on any atom is 0.223 e. The normalized spacial score (nSPS) is 22.9. The number of carbonyl (C=O) groups is 1. The molecule has 1 aromatic rings. The number of hydrogen-bond acceptors (Lipinski definition) is 2. The van der Waals surface area contributed by atoms with Gasteiger partial charge >= 0.3 is 0 Å². The quantitative estimate of drug-likeness (QED) is 0.867. The van der Waals surface area contributed by atoms with Crippen molar-refractivity contribution >= 4 is 5.91 Å². The molecular formula is C19H26N2O. The Bertz CT molecular complexity index is 552. The molecule has 3 nitrogen and oxygen atoms in total. The van der Waals surface area contributed by atoms with Gasteiger partial charge in [0.1, 0.15) is 0 Å². The third kappa shape index (κ3) is 3.58. The Morgan fingerprint density at radius 2 is 2.14 bits per heavy atom. The fraction of sp³-hybridized carbons (Fsp3) is 0.526. The Hall–Kier alpha value is -1.61. The summed E-state index contributed by atoms with van der Waals surface area (Å²) in [4.78, 5) is 14.7. The number of hydrogen-bond donors (Lipinski definition) is 1. The molecule has 1 aliphatic carbocycles. The van der Waals surface area contributed by atoms with Crippen LogP contribution in [0.15, 0.2) is 36.4 Å². The SMILES string of the molecule is C[C@H](CNC(=O)[C@H]1CC=CCC1)N1CCc2ccccc2C1. The minimum atomic E-state index is 0.180. The first-order chi connectivity index (χ1) is 10.7. The Labute approximate surface area is 133 Å². The van der Waals surface area contributed by atoms with Gasteiger partial charge in [-0.1, -0.05) is 36.4 Å². The first-order valence-electron chi connectivity index (χ1n) is 8.47. The highest BCUT2D eigenvalue weighted by atomic mass is 16.1. The topological polar surface area (TPSA) is 32.3 Å². The van der Waals surface area contributed by atoms with Crippen molar-refractivity contribution < 1.29 is 4.79 Å². The van der Waals surface area contributed by atoms with E-state index in [2.05, 4.69) is 53.6 Å². The largest absolute Gasteiger partial charge is 0.354 e. The van der Waals surface area contributed by atoms with E-state index in [1.165, 1.54) is 11.1 Å². The van der Waals surface area contributed by atoms with Crippen LogP contribution in [0.1, 0.15) is 37.3 Å². The van der Waals surface area contributed by atoms with Crippen LogP contribution < -0.4 is 5.32 Å². The molecule has 2 atom stereocenters. The third-order valence-electron chi connectivity index (χ3n) is 5.00. The van der Waals surface area contributed by atoms with Crippen molar-refractivity contribution in [2.24, 2.45) is 5.92 Å². The van der Waals surface area contributed by atoms with Crippen LogP contribution in [0.3, 0.4) is 0 Å². The van der Waals surface area contributed by atoms with Crippen LogP contribution in [-0.4, -0.2) is 29.9 Å². The van der Waals surface area contributed by atoms with Gasteiger partial charge in [0.15, 0.2) is 0 Å². The van der Waals surface area contributed by atoms with Gasteiger partial charge in [0, 0.05) is 31.6 Å². The van der Waals surface area contributed by atoms with Crippen LogP contribution >= 0.6 is 0 Å². The highest BCUT2D eigenvalue weighted by molar-refractivity contribution is 5.79. The molecule has 0 unspecified atom stereocenters. The molecule has 0 fully saturated rings. The van der Waals surface area contributed by atoms with Gasteiger partial charge in [-0.15, -0.1) is 0 Å². The van der Waals surface area contributed by atoms with Crippen molar-refractivity contribution in [2.45, 2.75) is 45.2 Å². The summed E-state index contributed by atoms with van der Waals surface area (Å²) in [5, 5.41) is 3.16. The summed E-state index contributed by atoms with van der Waals surface area (Å²) < 4.78 is 0. The van der Waals surface area contributed by atoms with E-state index in [0.717, 1.165) is 45.3 Å². The summed E-state index contributed by atoms with van der Waals surface area (Å²) in [6.07, 6.45) is 8.36. The molecule has 0 spiro atoms. The highest BCUT2D eigenvalue weighted by Gasteiger charge is 2.22. The molecule has 0 aromatic heterocycles. The lowest BCUT2D eigenvalue weighted by molar-refractivity contribution is -0.125. The van der Waals surface area contributed by atoms with Gasteiger partial charge in [-0.2, -0.15) is 0 Å². The minimum absolute atomic E-state index is 0.180. The van der Waals surface area contributed by atoms with Crippen LogP contribution in [-0.2, 0) is 17.8 Å². The lowest BCUT2D eigenvalue weighted by Gasteiger charge is -2.34. The van der Waals surface area contributed by atoms with Crippen molar-refractivity contribution in [1.29, 1.82) is 0 Å². The minimum Gasteiger partial charge on any atom is -0.354 e. The number of amides is 1. The second-order valence-corrected chi connectivity index (χ2v) is 6.56. The molecule has 118 valence electrons. The van der Waals surface area contributed by atoms with E-state index in [0.29, 0.717) is 6.04 Å². The van der Waals surface area contributed by atoms with Crippen molar-refractivity contribution in [3.8, 4) is 0 Å². The molecule has 0 radical (unpaired) electrons. The fourth-order valence-corrected chi connectivity index (χ4v) is 3.45. The van der Waals surface area contributed by atoms with Gasteiger partial charge < -0.3 is 5.32 Å². The first-order valence-corrected chi connectivity index (χ1v) is 8.47. The van der Waals surface area contributed by atoms with Crippen molar-refractivity contribution in [3.05, 3.63) is 47.5 Å². The predicted molar refractivity (Wildman–Crippen MR) is 89.5 cm³/mol. The van der Waals surface area contributed by atoms with E-state index in [1.54, 1.807) is 0 Å². The number of allylic oxidation sites excluding steroid dienone is 2. The van der Waals surface area contributed by atoms with Gasteiger partial charge in [-0.25, -0.2) is 0 Å².